The minimum Gasteiger partial charge on any atom is -0.379 e. The maximum absolute atomic E-state index is 12.9. The maximum Gasteiger partial charge on any atom is 0.238 e. The van der Waals surface area contributed by atoms with Crippen LogP contribution < -0.4 is 11.1 Å². The smallest absolute Gasteiger partial charge is 0.238 e. The number of amides is 1. The van der Waals surface area contributed by atoms with Crippen LogP contribution in [0.2, 0.25) is 0 Å². The summed E-state index contributed by atoms with van der Waals surface area (Å²) in [6.07, 6.45) is 0. The van der Waals surface area contributed by atoms with Crippen LogP contribution in [-0.2, 0) is 9.53 Å². The summed E-state index contributed by atoms with van der Waals surface area (Å²) < 4.78 is 18.2. The standard InChI is InChI=1S/C13H20FN3O2/c1-17(6-8-19-7-5-15)10-13(18)16-12-4-2-3-11(14)9-12/h2-4,9H,5-8,10,15H2,1H3,(H,16,18). The van der Waals surface area contributed by atoms with Crippen LogP contribution in [0.15, 0.2) is 24.3 Å². The fourth-order valence-corrected chi connectivity index (χ4v) is 1.50. The van der Waals surface area contributed by atoms with Crippen LogP contribution in [0.4, 0.5) is 10.1 Å². The number of likely N-dealkylation sites (N-methyl/N-ethyl adjacent to an activating group) is 1. The minimum absolute atomic E-state index is 0.188. The van der Waals surface area contributed by atoms with Gasteiger partial charge in [-0.1, -0.05) is 6.07 Å². The summed E-state index contributed by atoms with van der Waals surface area (Å²) in [6, 6.07) is 5.81. The van der Waals surface area contributed by atoms with Gasteiger partial charge in [0.25, 0.3) is 0 Å². The van der Waals surface area contributed by atoms with E-state index < -0.39 is 0 Å². The molecule has 0 unspecified atom stereocenters. The Kier molecular flexibility index (Phi) is 7.02. The lowest BCUT2D eigenvalue weighted by molar-refractivity contribution is -0.117. The van der Waals surface area contributed by atoms with E-state index in [0.717, 1.165) is 0 Å². The highest BCUT2D eigenvalue weighted by molar-refractivity contribution is 5.92. The molecule has 0 aliphatic heterocycles. The van der Waals surface area contributed by atoms with E-state index in [2.05, 4.69) is 5.32 Å². The van der Waals surface area contributed by atoms with Crippen LogP contribution in [0.3, 0.4) is 0 Å². The number of carbonyl (C=O) groups excluding carboxylic acids is 1. The molecule has 3 N–H and O–H groups in total. The van der Waals surface area contributed by atoms with Crippen molar-refractivity contribution < 1.29 is 13.9 Å². The van der Waals surface area contributed by atoms with E-state index in [-0.39, 0.29) is 18.3 Å². The van der Waals surface area contributed by atoms with Crippen molar-refractivity contribution in [1.82, 2.24) is 4.90 Å². The van der Waals surface area contributed by atoms with Gasteiger partial charge in [-0.3, -0.25) is 9.69 Å². The third-order valence-electron chi connectivity index (χ3n) is 2.40. The lowest BCUT2D eigenvalue weighted by Gasteiger charge is -2.16. The number of nitrogens with two attached hydrogens (primary N) is 1. The van der Waals surface area contributed by atoms with Crippen LogP contribution in [0.5, 0.6) is 0 Å². The molecule has 1 rings (SSSR count). The Morgan fingerprint density at radius 3 is 2.95 bits per heavy atom. The number of benzene rings is 1. The lowest BCUT2D eigenvalue weighted by Crippen LogP contribution is -2.32. The number of ether oxygens (including phenoxy) is 1. The van der Waals surface area contributed by atoms with Crippen LogP contribution in [0.1, 0.15) is 0 Å². The molecule has 106 valence electrons. The van der Waals surface area contributed by atoms with Crippen LogP contribution in [0.25, 0.3) is 0 Å². The molecule has 1 aromatic carbocycles. The van der Waals surface area contributed by atoms with Crippen molar-refractivity contribution >= 4 is 11.6 Å². The Morgan fingerprint density at radius 2 is 2.26 bits per heavy atom. The molecule has 0 saturated carbocycles. The zero-order chi connectivity index (χ0) is 14.1. The van der Waals surface area contributed by atoms with E-state index in [4.69, 9.17) is 10.5 Å². The summed E-state index contributed by atoms with van der Waals surface area (Å²) in [5.74, 6) is -0.562. The fraction of sp³-hybridized carbons (Fsp3) is 0.462. The summed E-state index contributed by atoms with van der Waals surface area (Å²) in [5, 5.41) is 2.63. The van der Waals surface area contributed by atoms with Gasteiger partial charge in [-0.25, -0.2) is 4.39 Å². The SMILES string of the molecule is CN(CCOCCN)CC(=O)Nc1cccc(F)c1. The monoisotopic (exact) mass is 269 g/mol. The molecule has 6 heteroatoms. The van der Waals surface area contributed by atoms with E-state index >= 15 is 0 Å². The average molecular weight is 269 g/mol. The highest BCUT2D eigenvalue weighted by Crippen LogP contribution is 2.08. The molecule has 0 bridgehead atoms. The van der Waals surface area contributed by atoms with Crippen molar-refractivity contribution in [2.75, 3.05) is 45.2 Å². The maximum atomic E-state index is 12.9. The molecule has 0 radical (unpaired) electrons. The molecular weight excluding hydrogens is 249 g/mol. The molecule has 0 fully saturated rings. The normalized spacial score (nSPS) is 10.7. The van der Waals surface area contributed by atoms with Gasteiger partial charge in [-0.15, -0.1) is 0 Å². The first-order valence-electron chi connectivity index (χ1n) is 6.13. The van der Waals surface area contributed by atoms with E-state index in [1.165, 1.54) is 12.1 Å². The number of carbonyl (C=O) groups is 1. The van der Waals surface area contributed by atoms with Crippen LogP contribution >= 0.6 is 0 Å². The summed E-state index contributed by atoms with van der Waals surface area (Å²) in [4.78, 5) is 13.5. The molecule has 0 aliphatic rings. The minimum atomic E-state index is -0.374. The first-order valence-corrected chi connectivity index (χ1v) is 6.13. The molecule has 1 aromatic rings. The van der Waals surface area contributed by atoms with Gasteiger partial charge in [-0.05, 0) is 25.2 Å². The number of halogens is 1. The van der Waals surface area contributed by atoms with Crippen molar-refractivity contribution in [2.24, 2.45) is 5.73 Å². The molecule has 0 saturated heterocycles. The van der Waals surface area contributed by atoms with Gasteiger partial charge in [0.05, 0.1) is 19.8 Å². The zero-order valence-corrected chi connectivity index (χ0v) is 11.1. The van der Waals surface area contributed by atoms with Gasteiger partial charge in [0.1, 0.15) is 5.82 Å². The summed E-state index contributed by atoms with van der Waals surface area (Å²) >= 11 is 0. The molecule has 0 aromatic heterocycles. The average Bonchev–Trinajstić information content (AvgIpc) is 2.34. The summed E-state index contributed by atoms with van der Waals surface area (Å²) in [5.41, 5.74) is 5.75. The first-order chi connectivity index (χ1) is 9.11. The molecule has 1 amide bonds. The number of nitrogens with zero attached hydrogens (tertiary/aromatic N) is 1. The predicted octanol–water partition coefficient (Wildman–Crippen LogP) is 0.671. The first kappa shape index (κ1) is 15.6. The second-order valence-electron chi connectivity index (χ2n) is 4.20. The Bertz CT molecular complexity index is 401. The number of anilines is 1. The number of hydrogen-bond acceptors (Lipinski definition) is 4. The van der Waals surface area contributed by atoms with E-state index in [0.29, 0.717) is 32.0 Å². The molecular formula is C13H20FN3O2. The number of rotatable bonds is 8. The summed E-state index contributed by atoms with van der Waals surface area (Å²) in [7, 11) is 1.82. The van der Waals surface area contributed by atoms with Gasteiger partial charge >= 0.3 is 0 Å². The predicted molar refractivity (Wildman–Crippen MR) is 72.4 cm³/mol. The van der Waals surface area contributed by atoms with Crippen molar-refractivity contribution in [2.45, 2.75) is 0 Å². The second-order valence-corrected chi connectivity index (χ2v) is 4.20. The highest BCUT2D eigenvalue weighted by Gasteiger charge is 2.07. The summed E-state index contributed by atoms with van der Waals surface area (Å²) in [6.45, 7) is 2.40. The number of hydrogen-bond donors (Lipinski definition) is 2. The third kappa shape index (κ3) is 6.85. The molecule has 0 aliphatic carbocycles. The van der Waals surface area contributed by atoms with E-state index in [9.17, 15) is 9.18 Å². The van der Waals surface area contributed by atoms with E-state index in [1.54, 1.807) is 12.1 Å². The molecule has 19 heavy (non-hydrogen) atoms. The Labute approximate surface area is 112 Å². The second kappa shape index (κ2) is 8.58. The topological polar surface area (TPSA) is 67.6 Å². The van der Waals surface area contributed by atoms with Crippen LogP contribution in [-0.4, -0.2) is 50.7 Å². The lowest BCUT2D eigenvalue weighted by atomic mass is 10.3. The Hall–Kier alpha value is -1.50. The molecule has 5 nitrogen and oxygen atoms in total. The Morgan fingerprint density at radius 1 is 1.47 bits per heavy atom. The van der Waals surface area contributed by atoms with Gasteiger partial charge in [0.2, 0.25) is 5.91 Å². The van der Waals surface area contributed by atoms with Crippen molar-refractivity contribution in [3.63, 3.8) is 0 Å². The highest BCUT2D eigenvalue weighted by atomic mass is 19.1. The molecule has 0 heterocycles. The Balaban J connectivity index is 2.26. The van der Waals surface area contributed by atoms with Crippen molar-refractivity contribution in [1.29, 1.82) is 0 Å². The third-order valence-corrected chi connectivity index (χ3v) is 2.40. The van der Waals surface area contributed by atoms with Gasteiger partial charge in [0.15, 0.2) is 0 Å². The number of nitrogens with one attached hydrogen (secondary N) is 1. The quantitative estimate of drug-likeness (QED) is 0.681. The van der Waals surface area contributed by atoms with Crippen molar-refractivity contribution in [3.8, 4) is 0 Å². The zero-order valence-electron chi connectivity index (χ0n) is 11.1. The molecule has 0 spiro atoms. The van der Waals surface area contributed by atoms with Gasteiger partial charge in [-0.2, -0.15) is 0 Å². The largest absolute Gasteiger partial charge is 0.379 e. The van der Waals surface area contributed by atoms with E-state index in [1.807, 2.05) is 11.9 Å². The molecule has 0 atom stereocenters. The fourth-order valence-electron chi connectivity index (χ4n) is 1.50. The van der Waals surface area contributed by atoms with Gasteiger partial charge < -0.3 is 15.8 Å². The van der Waals surface area contributed by atoms with Crippen LogP contribution in [0, 0.1) is 5.82 Å². The van der Waals surface area contributed by atoms with Gasteiger partial charge in [0, 0.05) is 18.8 Å². The van der Waals surface area contributed by atoms with Crippen molar-refractivity contribution in [3.05, 3.63) is 30.1 Å².